The number of benzene rings is 3. The van der Waals surface area contributed by atoms with E-state index in [0.717, 1.165) is 44.6 Å². The van der Waals surface area contributed by atoms with Crippen LogP contribution in [-0.2, 0) is 20.1 Å². The first-order chi connectivity index (χ1) is 17.8. The summed E-state index contributed by atoms with van der Waals surface area (Å²) in [5.41, 5.74) is 8.01. The first kappa shape index (κ1) is 24.3. The summed E-state index contributed by atoms with van der Waals surface area (Å²) in [5, 5.41) is 0. The second kappa shape index (κ2) is 11.1. The normalized spacial score (nSPS) is 10.5. The topological polar surface area (TPSA) is 64.5 Å². The van der Waals surface area contributed by atoms with Gasteiger partial charge in [-0.3, -0.25) is 0 Å². The maximum absolute atomic E-state index is 4.47. The summed E-state index contributed by atoms with van der Waals surface area (Å²) in [6.45, 7) is 0. The quantitative estimate of drug-likeness (QED) is 0.192. The summed E-state index contributed by atoms with van der Waals surface area (Å²) < 4.78 is 0. The Hall–Kier alpha value is -4.38. The second-order valence-electron chi connectivity index (χ2n) is 8.23. The standard InChI is InChI=1S/C31H20N5.Ir/c1-2-12-32-29(11-1)25-10-4-8-23(18-25)22-7-3-9-24(17-22)26-19-27(30-33-13-5-14-34-30)21-28(20-26)31-35-15-6-16-36-31;/h1-9,11-21H;/q-1;. The minimum atomic E-state index is 0. The van der Waals surface area contributed by atoms with E-state index < -0.39 is 0 Å². The molecule has 6 heteroatoms. The molecule has 3 heterocycles. The summed E-state index contributed by atoms with van der Waals surface area (Å²) in [4.78, 5) is 22.3. The number of aromatic nitrogens is 5. The Kier molecular flexibility index (Phi) is 7.31. The number of rotatable bonds is 5. The van der Waals surface area contributed by atoms with E-state index in [9.17, 15) is 0 Å². The van der Waals surface area contributed by atoms with E-state index in [1.807, 2.05) is 42.5 Å². The van der Waals surface area contributed by atoms with Gasteiger partial charge in [-0.1, -0.05) is 30.3 Å². The molecule has 6 aromatic rings. The van der Waals surface area contributed by atoms with Crippen molar-refractivity contribution in [2.75, 3.05) is 0 Å². The Morgan fingerprint density at radius 1 is 0.432 bits per heavy atom. The molecule has 0 aliphatic carbocycles. The molecule has 0 unspecified atom stereocenters. The van der Waals surface area contributed by atoms with Gasteiger partial charge in [-0.15, -0.1) is 35.4 Å². The molecule has 0 saturated carbocycles. The van der Waals surface area contributed by atoms with E-state index in [1.165, 1.54) is 0 Å². The zero-order valence-corrected chi connectivity index (χ0v) is 22.0. The molecular weight excluding hydrogens is 635 g/mol. The summed E-state index contributed by atoms with van der Waals surface area (Å²) in [7, 11) is 0. The van der Waals surface area contributed by atoms with Crippen LogP contribution in [0.2, 0.25) is 0 Å². The van der Waals surface area contributed by atoms with E-state index in [2.05, 4.69) is 79.5 Å². The molecule has 3 aromatic carbocycles. The van der Waals surface area contributed by atoms with E-state index in [-0.39, 0.29) is 20.1 Å². The van der Waals surface area contributed by atoms with Crippen molar-refractivity contribution in [2.24, 2.45) is 0 Å². The molecule has 0 N–H and O–H groups in total. The molecule has 0 aliphatic rings. The molecule has 0 fully saturated rings. The Labute approximate surface area is 228 Å². The van der Waals surface area contributed by atoms with Gasteiger partial charge in [0.2, 0.25) is 0 Å². The van der Waals surface area contributed by atoms with Gasteiger partial charge in [0.15, 0.2) is 11.6 Å². The molecule has 0 spiro atoms. The van der Waals surface area contributed by atoms with E-state index in [0.29, 0.717) is 11.6 Å². The molecule has 0 amide bonds. The molecule has 0 aliphatic heterocycles. The molecule has 0 atom stereocenters. The van der Waals surface area contributed by atoms with Gasteiger partial charge in [0.05, 0.1) is 0 Å². The number of hydrogen-bond donors (Lipinski definition) is 0. The third-order valence-corrected chi connectivity index (χ3v) is 5.85. The van der Waals surface area contributed by atoms with Crippen molar-refractivity contribution in [2.45, 2.75) is 0 Å². The minimum Gasteiger partial charge on any atom is -0.305 e. The van der Waals surface area contributed by atoms with Gasteiger partial charge < -0.3 is 4.98 Å². The van der Waals surface area contributed by atoms with Crippen LogP contribution in [0.4, 0.5) is 0 Å². The monoisotopic (exact) mass is 655 g/mol. The van der Waals surface area contributed by atoms with Crippen LogP contribution < -0.4 is 0 Å². The van der Waals surface area contributed by atoms with Crippen molar-refractivity contribution in [3.8, 4) is 56.3 Å². The Morgan fingerprint density at radius 3 is 1.59 bits per heavy atom. The number of nitrogens with zero attached hydrogens (tertiary/aromatic N) is 5. The van der Waals surface area contributed by atoms with Gasteiger partial charge in [-0.25, -0.2) is 19.9 Å². The molecule has 3 aromatic heterocycles. The van der Waals surface area contributed by atoms with E-state index in [1.54, 1.807) is 31.0 Å². The third-order valence-electron chi connectivity index (χ3n) is 5.85. The second-order valence-corrected chi connectivity index (χ2v) is 8.23. The van der Waals surface area contributed by atoms with Crippen LogP contribution in [0.3, 0.4) is 0 Å². The average Bonchev–Trinajstić information content (AvgIpc) is 2.98. The number of hydrogen-bond acceptors (Lipinski definition) is 5. The fourth-order valence-electron chi connectivity index (χ4n) is 4.14. The van der Waals surface area contributed by atoms with Gasteiger partial charge in [-0.2, -0.15) is 0 Å². The van der Waals surface area contributed by atoms with Crippen LogP contribution >= 0.6 is 0 Å². The maximum atomic E-state index is 4.47. The summed E-state index contributed by atoms with van der Waals surface area (Å²) >= 11 is 0. The van der Waals surface area contributed by atoms with Crippen molar-refractivity contribution in [3.63, 3.8) is 0 Å². The van der Waals surface area contributed by atoms with Crippen LogP contribution in [0.15, 0.2) is 122 Å². The summed E-state index contributed by atoms with van der Waals surface area (Å²) in [6.07, 6.45) is 8.80. The van der Waals surface area contributed by atoms with E-state index >= 15 is 0 Å². The third kappa shape index (κ3) is 5.41. The molecule has 0 saturated heterocycles. The zero-order valence-electron chi connectivity index (χ0n) is 19.6. The van der Waals surface area contributed by atoms with Crippen LogP contribution in [0, 0.1) is 6.07 Å². The largest absolute Gasteiger partial charge is 0.305 e. The van der Waals surface area contributed by atoms with Gasteiger partial charge >= 0.3 is 0 Å². The fourth-order valence-corrected chi connectivity index (χ4v) is 4.14. The molecule has 179 valence electrons. The summed E-state index contributed by atoms with van der Waals surface area (Å²) in [5.74, 6) is 1.32. The maximum Gasteiger partial charge on any atom is 0.159 e. The van der Waals surface area contributed by atoms with Gasteiger partial charge in [0, 0.05) is 62.2 Å². The van der Waals surface area contributed by atoms with Crippen LogP contribution in [0.5, 0.6) is 0 Å². The molecule has 0 bridgehead atoms. The Balaban J connectivity index is 0.00000280. The van der Waals surface area contributed by atoms with Crippen LogP contribution in [-0.4, -0.2) is 24.9 Å². The first-order valence-corrected chi connectivity index (χ1v) is 11.6. The molecule has 1 radical (unpaired) electrons. The number of pyridine rings is 1. The van der Waals surface area contributed by atoms with Crippen molar-refractivity contribution in [1.29, 1.82) is 0 Å². The van der Waals surface area contributed by atoms with Crippen molar-refractivity contribution in [3.05, 3.63) is 128 Å². The van der Waals surface area contributed by atoms with E-state index in [4.69, 9.17) is 0 Å². The smallest absolute Gasteiger partial charge is 0.159 e. The minimum absolute atomic E-state index is 0. The summed E-state index contributed by atoms with van der Waals surface area (Å²) in [6, 6.07) is 33.7. The van der Waals surface area contributed by atoms with Crippen molar-refractivity contribution in [1.82, 2.24) is 24.9 Å². The van der Waals surface area contributed by atoms with Crippen LogP contribution in [0.1, 0.15) is 0 Å². The SMILES string of the molecule is [Ir].[c-]1ccc(-c2cccc(-c3cc(-c4ncccn4)cc(-c4ncccn4)c3)c2)cc1-c1ccccn1. The van der Waals surface area contributed by atoms with Gasteiger partial charge in [0.1, 0.15) is 0 Å². The molecule has 5 nitrogen and oxygen atoms in total. The Morgan fingerprint density at radius 2 is 0.973 bits per heavy atom. The van der Waals surface area contributed by atoms with Gasteiger partial charge in [-0.05, 0) is 64.8 Å². The van der Waals surface area contributed by atoms with Gasteiger partial charge in [0.25, 0.3) is 0 Å². The first-order valence-electron chi connectivity index (χ1n) is 11.6. The molecule has 37 heavy (non-hydrogen) atoms. The predicted molar refractivity (Wildman–Crippen MR) is 141 cm³/mol. The molecule has 6 rings (SSSR count). The average molecular weight is 655 g/mol. The van der Waals surface area contributed by atoms with Crippen LogP contribution in [0.25, 0.3) is 56.3 Å². The Bertz CT molecular complexity index is 1570. The van der Waals surface area contributed by atoms with Crippen molar-refractivity contribution >= 4 is 0 Å². The zero-order chi connectivity index (χ0) is 24.2. The van der Waals surface area contributed by atoms with Crippen molar-refractivity contribution < 1.29 is 20.1 Å². The fraction of sp³-hybridized carbons (Fsp3) is 0. The predicted octanol–water partition coefficient (Wildman–Crippen LogP) is 6.79. The molecular formula is C31H20IrN5-.